The third-order valence-electron chi connectivity index (χ3n) is 5.03. The number of hydrogen-bond donors (Lipinski definition) is 1. The van der Waals surface area contributed by atoms with Gasteiger partial charge in [-0.05, 0) is 41.5 Å². The molecular formula is C26H23ClN2O5S2. The molecule has 0 aliphatic carbocycles. The Morgan fingerprint density at radius 3 is 2.56 bits per heavy atom. The lowest BCUT2D eigenvalue weighted by molar-refractivity contribution is -0.140. The number of hydrogen-bond acceptors (Lipinski definition) is 7. The van der Waals surface area contributed by atoms with E-state index in [1.54, 1.807) is 24.4 Å². The molecule has 1 amide bonds. The number of amides is 1. The summed E-state index contributed by atoms with van der Waals surface area (Å²) < 4.78 is 12.3. The Labute approximate surface area is 224 Å². The second kappa shape index (κ2) is 13.1. The molecule has 0 spiro atoms. The van der Waals surface area contributed by atoms with Crippen molar-refractivity contribution in [2.24, 2.45) is 0 Å². The number of aromatic nitrogens is 1. The molecule has 2 aromatic carbocycles. The highest BCUT2D eigenvalue weighted by Gasteiger charge is 2.33. The van der Waals surface area contributed by atoms with Gasteiger partial charge in [-0.2, -0.15) is 0 Å². The molecular weight excluding hydrogens is 520 g/mol. The number of halogens is 1. The van der Waals surface area contributed by atoms with Crippen LogP contribution in [0.15, 0.2) is 77.8 Å². The van der Waals surface area contributed by atoms with Crippen molar-refractivity contribution in [2.45, 2.75) is 13.0 Å². The van der Waals surface area contributed by atoms with Crippen LogP contribution in [0, 0.1) is 0 Å². The van der Waals surface area contributed by atoms with Crippen LogP contribution in [0.5, 0.6) is 11.5 Å². The summed E-state index contributed by atoms with van der Waals surface area (Å²) in [6.07, 6.45) is 4.11. The number of thioether (sulfide) groups is 1. The van der Waals surface area contributed by atoms with E-state index in [1.165, 1.54) is 5.56 Å². The van der Waals surface area contributed by atoms with E-state index < -0.39 is 18.4 Å². The number of aliphatic carboxylic acids is 1. The van der Waals surface area contributed by atoms with Crippen molar-refractivity contribution >= 4 is 58.7 Å². The number of nitrogens with zero attached hydrogens (tertiary/aromatic N) is 2. The van der Waals surface area contributed by atoms with Crippen LogP contribution in [0.25, 0.3) is 6.08 Å². The molecule has 0 bridgehead atoms. The van der Waals surface area contributed by atoms with Gasteiger partial charge in [-0.1, -0.05) is 66.4 Å². The molecule has 1 saturated heterocycles. The predicted octanol–water partition coefficient (Wildman–Crippen LogP) is 4.99. The first-order valence-electron chi connectivity index (χ1n) is 10.8. The monoisotopic (exact) mass is 542 g/mol. The van der Waals surface area contributed by atoms with E-state index >= 15 is 0 Å². The van der Waals surface area contributed by atoms with Gasteiger partial charge >= 0.3 is 5.97 Å². The fraction of sp³-hybridized carbons (Fsp3) is 0.154. The first kappa shape index (κ1) is 27.2. The highest BCUT2D eigenvalue weighted by Crippen LogP contribution is 2.35. The van der Waals surface area contributed by atoms with Crippen LogP contribution >= 0.6 is 36.4 Å². The maximum atomic E-state index is 12.6. The van der Waals surface area contributed by atoms with Crippen molar-refractivity contribution in [3.8, 4) is 11.5 Å². The summed E-state index contributed by atoms with van der Waals surface area (Å²) in [4.78, 5) is 29.4. The Bertz CT molecular complexity index is 1260. The average molecular weight is 543 g/mol. The van der Waals surface area contributed by atoms with Crippen LogP contribution in [0.1, 0.15) is 16.8 Å². The smallest absolute Gasteiger partial charge is 0.323 e. The molecule has 1 aliphatic heterocycles. The molecule has 36 heavy (non-hydrogen) atoms. The van der Waals surface area contributed by atoms with Gasteiger partial charge in [-0.15, -0.1) is 12.4 Å². The molecule has 1 fully saturated rings. The molecule has 0 saturated carbocycles. The molecule has 10 heteroatoms. The van der Waals surface area contributed by atoms with Crippen LogP contribution in [0.4, 0.5) is 0 Å². The Kier molecular flexibility index (Phi) is 9.86. The van der Waals surface area contributed by atoms with Gasteiger partial charge in [-0.3, -0.25) is 19.5 Å². The van der Waals surface area contributed by atoms with Gasteiger partial charge < -0.3 is 14.6 Å². The van der Waals surface area contributed by atoms with E-state index in [1.807, 2.05) is 54.6 Å². The molecule has 1 N–H and O–H groups in total. The van der Waals surface area contributed by atoms with Crippen molar-refractivity contribution in [2.75, 3.05) is 13.2 Å². The van der Waals surface area contributed by atoms with Gasteiger partial charge in [0.05, 0.1) is 17.2 Å². The minimum absolute atomic E-state index is 0. The number of carbonyl (C=O) groups is 2. The molecule has 1 aromatic heterocycles. The summed E-state index contributed by atoms with van der Waals surface area (Å²) >= 11 is 6.25. The highest BCUT2D eigenvalue weighted by molar-refractivity contribution is 8.26. The second-order valence-corrected chi connectivity index (χ2v) is 9.24. The van der Waals surface area contributed by atoms with Crippen LogP contribution in [-0.4, -0.2) is 44.3 Å². The lowest BCUT2D eigenvalue weighted by Crippen LogP contribution is -2.33. The van der Waals surface area contributed by atoms with E-state index in [9.17, 15) is 9.59 Å². The lowest BCUT2D eigenvalue weighted by atomic mass is 10.1. The van der Waals surface area contributed by atoms with Crippen molar-refractivity contribution in [3.63, 3.8) is 0 Å². The SMILES string of the molecule is Cl.O=C(O)CN1C(=O)/C(=C/c2ccc(OCCc3ccccc3)c(OCc3ccccn3)c2)SC1=S. The maximum Gasteiger partial charge on any atom is 0.323 e. The van der Waals surface area contributed by atoms with Gasteiger partial charge in [0, 0.05) is 12.6 Å². The molecule has 3 aromatic rings. The van der Waals surface area contributed by atoms with E-state index in [4.69, 9.17) is 26.8 Å². The fourth-order valence-electron chi connectivity index (χ4n) is 3.33. The normalized spacial score (nSPS) is 14.0. The Balaban J connectivity index is 0.00000361. The zero-order valence-corrected chi connectivity index (χ0v) is 21.5. The third kappa shape index (κ3) is 7.30. The van der Waals surface area contributed by atoms with Crippen molar-refractivity contribution in [3.05, 3.63) is 94.7 Å². The number of benzene rings is 2. The Morgan fingerprint density at radius 2 is 1.83 bits per heavy atom. The van der Waals surface area contributed by atoms with Crippen LogP contribution in [0.2, 0.25) is 0 Å². The molecule has 0 atom stereocenters. The molecule has 0 unspecified atom stereocenters. The number of rotatable bonds is 10. The average Bonchev–Trinajstić information content (AvgIpc) is 3.12. The first-order chi connectivity index (χ1) is 17.0. The molecule has 2 heterocycles. The van der Waals surface area contributed by atoms with E-state index in [2.05, 4.69) is 4.98 Å². The zero-order valence-electron chi connectivity index (χ0n) is 19.0. The summed E-state index contributed by atoms with van der Waals surface area (Å²) in [7, 11) is 0. The highest BCUT2D eigenvalue weighted by atomic mass is 35.5. The van der Waals surface area contributed by atoms with Crippen LogP contribution < -0.4 is 9.47 Å². The topological polar surface area (TPSA) is 89.0 Å². The number of ether oxygens (including phenoxy) is 2. The standard InChI is InChI=1S/C26H22N2O5S2.ClH/c29-24(30)16-28-25(31)23(35-26(28)34)15-19-9-10-21(32-13-11-18-6-2-1-3-7-18)22(14-19)33-17-20-8-4-5-12-27-20;/h1-10,12,14-15H,11,13,16-17H2,(H,29,30);1H/b23-15-;. The van der Waals surface area contributed by atoms with Crippen LogP contribution in [0.3, 0.4) is 0 Å². The van der Waals surface area contributed by atoms with Crippen molar-refractivity contribution < 1.29 is 24.2 Å². The summed E-state index contributed by atoms with van der Waals surface area (Å²) in [5.74, 6) is -0.461. The van der Waals surface area contributed by atoms with Gasteiger partial charge in [0.25, 0.3) is 5.91 Å². The Hall–Kier alpha value is -3.40. The second-order valence-electron chi connectivity index (χ2n) is 7.56. The van der Waals surface area contributed by atoms with Crippen molar-refractivity contribution in [1.82, 2.24) is 9.88 Å². The third-order valence-corrected chi connectivity index (χ3v) is 6.40. The molecule has 4 rings (SSSR count). The van der Waals surface area contributed by atoms with Gasteiger partial charge in [-0.25, -0.2) is 0 Å². The minimum atomic E-state index is -1.12. The largest absolute Gasteiger partial charge is 0.489 e. The first-order valence-corrected chi connectivity index (χ1v) is 12.0. The molecule has 1 aliphatic rings. The maximum absolute atomic E-state index is 12.6. The fourth-order valence-corrected chi connectivity index (χ4v) is 4.58. The van der Waals surface area contributed by atoms with Crippen molar-refractivity contribution in [1.29, 1.82) is 0 Å². The van der Waals surface area contributed by atoms with Crippen LogP contribution in [-0.2, 0) is 22.6 Å². The molecule has 186 valence electrons. The van der Waals surface area contributed by atoms with E-state index in [0.717, 1.165) is 28.8 Å². The molecule has 0 radical (unpaired) electrons. The number of carboxylic acid groups (broad SMARTS) is 1. The van der Waals surface area contributed by atoms with E-state index in [0.29, 0.717) is 28.6 Å². The quantitative estimate of drug-likeness (QED) is 0.283. The Morgan fingerprint density at radius 1 is 1.06 bits per heavy atom. The molecule has 7 nitrogen and oxygen atoms in total. The van der Waals surface area contributed by atoms with Gasteiger partial charge in [0.15, 0.2) is 11.5 Å². The zero-order chi connectivity index (χ0) is 24.6. The summed E-state index contributed by atoms with van der Waals surface area (Å²) in [5, 5.41) is 9.03. The van der Waals surface area contributed by atoms with Gasteiger partial charge in [0.2, 0.25) is 0 Å². The predicted molar refractivity (Wildman–Crippen MR) is 145 cm³/mol. The van der Waals surface area contributed by atoms with E-state index in [-0.39, 0.29) is 23.3 Å². The minimum Gasteiger partial charge on any atom is -0.489 e. The summed E-state index contributed by atoms with van der Waals surface area (Å²) in [6.45, 7) is 0.256. The number of pyridine rings is 1. The number of thiocarbonyl (C=S) groups is 1. The summed E-state index contributed by atoms with van der Waals surface area (Å²) in [5.41, 5.74) is 2.64. The number of carboxylic acids is 1. The number of carbonyl (C=O) groups excluding carboxylic acids is 1. The lowest BCUT2D eigenvalue weighted by Gasteiger charge is -2.14. The summed E-state index contributed by atoms with van der Waals surface area (Å²) in [6, 6.07) is 21.0. The van der Waals surface area contributed by atoms with Gasteiger partial charge in [0.1, 0.15) is 17.5 Å².